The van der Waals surface area contributed by atoms with E-state index in [1.165, 1.54) is 6.42 Å². The van der Waals surface area contributed by atoms with Crippen LogP contribution in [-0.4, -0.2) is 12.8 Å². The molecule has 0 amide bonds. The average Bonchev–Trinajstić information content (AvgIpc) is 1.65. The van der Waals surface area contributed by atoms with Gasteiger partial charge < -0.3 is 5.32 Å². The predicted octanol–water partition coefficient (Wildman–Crippen LogP) is 0.817. The topological polar surface area (TPSA) is 12.0 Å². The summed E-state index contributed by atoms with van der Waals surface area (Å²) in [5.74, 6) is 0.602. The molecule has 1 nitrogen and oxygen atoms in total. The molecule has 0 saturated heterocycles. The summed E-state index contributed by atoms with van der Waals surface area (Å²) < 4.78 is 0. The molecule has 2 unspecified atom stereocenters. The van der Waals surface area contributed by atoms with E-state index in [4.69, 9.17) is 0 Å². The second-order valence-electron chi connectivity index (χ2n) is 1.30. The molecule has 1 N–H and O–H groups in total. The van der Waals surface area contributed by atoms with Crippen molar-refractivity contribution in [1.29, 1.82) is 0 Å². The van der Waals surface area contributed by atoms with Gasteiger partial charge in [0.25, 0.3) is 0 Å². The van der Waals surface area contributed by atoms with Crippen LogP contribution < -0.4 is 5.32 Å². The fourth-order valence-corrected chi connectivity index (χ4v) is 0.204. The van der Waals surface area contributed by atoms with Gasteiger partial charge in [-0.2, -0.15) is 0 Å². The quantitative estimate of drug-likeness (QED) is 0.512. The van der Waals surface area contributed by atoms with Crippen molar-refractivity contribution in [3.05, 3.63) is 0 Å². The number of rotatable bonds is 2. The van der Waals surface area contributed by atoms with Crippen LogP contribution in [-0.2, 0) is 0 Å². The summed E-state index contributed by atoms with van der Waals surface area (Å²) in [7, 11) is 4.66. The summed E-state index contributed by atoms with van der Waals surface area (Å²) in [6.07, 6.45) is 1.18. The van der Waals surface area contributed by atoms with Crippen LogP contribution in [0.5, 0.6) is 0 Å². The van der Waals surface area contributed by atoms with Crippen molar-refractivity contribution >= 4 is 9.24 Å². The second kappa shape index (κ2) is 3.58. The Morgan fingerprint density at radius 2 is 2.33 bits per heavy atom. The van der Waals surface area contributed by atoms with E-state index in [-0.39, 0.29) is 0 Å². The van der Waals surface area contributed by atoms with Gasteiger partial charge in [0.15, 0.2) is 0 Å². The molecule has 0 aromatic carbocycles. The van der Waals surface area contributed by atoms with Gasteiger partial charge in [-0.3, -0.25) is 0 Å². The smallest absolute Gasteiger partial charge is 0.0205 e. The Balaban J connectivity index is 2.75. The van der Waals surface area contributed by atoms with Crippen molar-refractivity contribution in [2.75, 3.05) is 7.05 Å². The summed E-state index contributed by atoms with van der Waals surface area (Å²) in [5.41, 5.74) is 0. The zero-order valence-electron chi connectivity index (χ0n) is 4.36. The molecule has 38 valence electrons. The maximum atomic E-state index is 3.08. The lowest BCUT2D eigenvalue weighted by molar-refractivity contribution is 0.718. The molecular weight excluding hydrogens is 93.0 g/mol. The summed E-state index contributed by atoms with van der Waals surface area (Å²) >= 11 is 0. The molecule has 0 aliphatic rings. The molecule has 2 heteroatoms. The van der Waals surface area contributed by atoms with Crippen molar-refractivity contribution in [1.82, 2.24) is 5.32 Å². The van der Waals surface area contributed by atoms with Gasteiger partial charge >= 0.3 is 0 Å². The van der Waals surface area contributed by atoms with Crippen LogP contribution in [0.2, 0.25) is 0 Å². The fraction of sp³-hybridized carbons (Fsp3) is 1.00. The van der Waals surface area contributed by atoms with E-state index in [9.17, 15) is 0 Å². The zero-order valence-corrected chi connectivity index (χ0v) is 5.52. The van der Waals surface area contributed by atoms with E-state index >= 15 is 0 Å². The van der Waals surface area contributed by atoms with E-state index in [0.29, 0.717) is 5.78 Å². The third-order valence-corrected chi connectivity index (χ3v) is 1.62. The first kappa shape index (κ1) is 6.39. The van der Waals surface area contributed by atoms with Crippen molar-refractivity contribution in [3.8, 4) is 0 Å². The van der Waals surface area contributed by atoms with Crippen molar-refractivity contribution < 1.29 is 0 Å². The third-order valence-electron chi connectivity index (χ3n) is 0.811. The normalized spacial score (nSPS) is 14.5. The molecule has 0 saturated carbocycles. The van der Waals surface area contributed by atoms with Gasteiger partial charge in [-0.15, -0.1) is 9.24 Å². The lowest BCUT2D eigenvalue weighted by Gasteiger charge is -2.02. The summed E-state index contributed by atoms with van der Waals surface area (Å²) in [4.78, 5) is 0. The highest BCUT2D eigenvalue weighted by Gasteiger charge is 1.86. The van der Waals surface area contributed by atoms with Gasteiger partial charge in [0.2, 0.25) is 0 Å². The Hall–Kier alpha value is 0.390. The number of hydrogen-bond acceptors (Lipinski definition) is 1. The van der Waals surface area contributed by atoms with E-state index in [1.54, 1.807) is 0 Å². The summed E-state index contributed by atoms with van der Waals surface area (Å²) in [6.45, 7) is 2.15. The Bertz CT molecular complexity index is 26.7. The third kappa shape index (κ3) is 2.62. The molecule has 0 bridgehead atoms. The zero-order chi connectivity index (χ0) is 4.99. The maximum Gasteiger partial charge on any atom is 0.0205 e. The van der Waals surface area contributed by atoms with Gasteiger partial charge in [0, 0.05) is 5.78 Å². The van der Waals surface area contributed by atoms with Crippen LogP contribution in [0.15, 0.2) is 0 Å². The highest BCUT2D eigenvalue weighted by Crippen LogP contribution is 1.96. The molecule has 0 fully saturated rings. The van der Waals surface area contributed by atoms with Gasteiger partial charge in [-0.05, 0) is 13.5 Å². The van der Waals surface area contributed by atoms with Crippen molar-refractivity contribution in [3.63, 3.8) is 0 Å². The van der Waals surface area contributed by atoms with Crippen molar-refractivity contribution in [2.45, 2.75) is 19.1 Å². The molecular formula is C4H12NP. The van der Waals surface area contributed by atoms with Crippen molar-refractivity contribution in [2.24, 2.45) is 0 Å². The van der Waals surface area contributed by atoms with E-state index in [0.717, 1.165) is 0 Å². The Morgan fingerprint density at radius 1 is 1.83 bits per heavy atom. The molecule has 6 heavy (non-hydrogen) atoms. The molecule has 0 aliphatic heterocycles. The molecule has 0 radical (unpaired) electrons. The fourth-order valence-electron chi connectivity index (χ4n) is 0.204. The molecule has 0 aliphatic carbocycles. The van der Waals surface area contributed by atoms with Gasteiger partial charge in [0.1, 0.15) is 0 Å². The van der Waals surface area contributed by atoms with Crippen LogP contribution in [0.1, 0.15) is 13.3 Å². The Kier molecular flexibility index (Phi) is 3.81. The van der Waals surface area contributed by atoms with E-state index in [2.05, 4.69) is 21.5 Å². The van der Waals surface area contributed by atoms with E-state index in [1.807, 2.05) is 7.05 Å². The molecule has 0 aromatic rings. The largest absolute Gasteiger partial charge is 0.314 e. The number of nitrogens with one attached hydrogen (secondary N) is 1. The van der Waals surface area contributed by atoms with Crippen LogP contribution in [0.25, 0.3) is 0 Å². The monoisotopic (exact) mass is 105 g/mol. The minimum absolute atomic E-state index is 0.602. The molecule has 0 aromatic heterocycles. The van der Waals surface area contributed by atoms with Crippen LogP contribution >= 0.6 is 9.24 Å². The van der Waals surface area contributed by atoms with Crippen LogP contribution in [0.4, 0.5) is 0 Å². The second-order valence-corrected chi connectivity index (χ2v) is 2.11. The summed E-state index contributed by atoms with van der Waals surface area (Å²) in [6, 6.07) is 0. The van der Waals surface area contributed by atoms with Gasteiger partial charge in [-0.1, -0.05) is 6.92 Å². The highest BCUT2D eigenvalue weighted by atomic mass is 31.0. The first-order valence-electron chi connectivity index (χ1n) is 2.24. The minimum atomic E-state index is 0.602. The standard InChI is InChI=1S/C4H12NP/c1-3-4(6)5-2/h4-5H,3,6H2,1-2H3. The molecule has 2 atom stereocenters. The molecule has 0 rings (SSSR count). The summed E-state index contributed by atoms with van der Waals surface area (Å²) in [5, 5.41) is 3.08. The maximum absolute atomic E-state index is 3.08. The van der Waals surface area contributed by atoms with Crippen LogP contribution in [0, 0.1) is 0 Å². The van der Waals surface area contributed by atoms with Gasteiger partial charge in [0.05, 0.1) is 0 Å². The minimum Gasteiger partial charge on any atom is -0.314 e. The SMILES string of the molecule is CCC(P)NC. The number of hydrogen-bond donors (Lipinski definition) is 1. The first-order valence-corrected chi connectivity index (χ1v) is 2.90. The lowest BCUT2D eigenvalue weighted by Crippen LogP contribution is -2.15. The first-order chi connectivity index (χ1) is 2.81. The average molecular weight is 105 g/mol. The molecule has 0 heterocycles. The van der Waals surface area contributed by atoms with Crippen LogP contribution in [0.3, 0.4) is 0 Å². The lowest BCUT2D eigenvalue weighted by atomic mass is 10.5. The van der Waals surface area contributed by atoms with Gasteiger partial charge in [-0.25, -0.2) is 0 Å². The molecule has 0 spiro atoms. The highest BCUT2D eigenvalue weighted by molar-refractivity contribution is 7.17. The van der Waals surface area contributed by atoms with E-state index < -0.39 is 0 Å². The Morgan fingerprint density at radius 3 is 2.33 bits per heavy atom. The predicted molar refractivity (Wildman–Crippen MR) is 32.8 cm³/mol. The Labute approximate surface area is 41.7 Å².